The van der Waals surface area contributed by atoms with Crippen molar-refractivity contribution in [1.29, 1.82) is 0 Å². The van der Waals surface area contributed by atoms with Crippen LogP contribution in [0.1, 0.15) is 51.9 Å². The first-order chi connectivity index (χ1) is 22.8. The number of ether oxygens (including phenoxy) is 3. The molecule has 1 atom stereocenters. The second kappa shape index (κ2) is 13.6. The van der Waals surface area contributed by atoms with Crippen LogP contribution in [-0.2, 0) is 16.1 Å². The van der Waals surface area contributed by atoms with E-state index in [4.69, 9.17) is 19.2 Å². The molecule has 238 valence electrons. The van der Waals surface area contributed by atoms with Crippen LogP contribution in [0.4, 0.5) is 0 Å². The third-order valence-electron chi connectivity index (χ3n) is 8.19. The van der Waals surface area contributed by atoms with Gasteiger partial charge in [0.05, 0.1) is 35.6 Å². The van der Waals surface area contributed by atoms with Gasteiger partial charge < -0.3 is 14.2 Å². The Morgan fingerprint density at radius 3 is 2.26 bits per heavy atom. The summed E-state index contributed by atoms with van der Waals surface area (Å²) in [6.45, 7) is 8.65. The molecule has 0 N–H and O–H groups in total. The normalized spacial score (nSPS) is 14.4. The van der Waals surface area contributed by atoms with Crippen LogP contribution < -0.4 is 24.4 Å². The summed E-state index contributed by atoms with van der Waals surface area (Å²) in [4.78, 5) is 33.2. The number of thiazole rings is 1. The maximum atomic E-state index is 14.2. The summed E-state index contributed by atoms with van der Waals surface area (Å²) < 4.78 is 19.5. The fourth-order valence-electron chi connectivity index (χ4n) is 6.02. The zero-order valence-corrected chi connectivity index (χ0v) is 27.9. The highest BCUT2D eigenvalue weighted by Crippen LogP contribution is 2.35. The fraction of sp³-hybridized carbons (Fsp3) is 0.205. The number of nitrogens with zero attached hydrogens (tertiary/aromatic N) is 2. The number of aromatic nitrogens is 1. The standard InChI is InChI=1S/C39H36N2O5S/c1-6-45-38(43)34-35(28-13-9-7-10-14-28)40-39-41(36(34)29-15-11-8-12-16-29)37(42)33(47-39)22-27-17-18-31(32(21-27)44-5)46-23-30-25(3)19-24(2)20-26(30)4/h7-22,36H,6,23H2,1-5H3/b33-22-/t36-/m0/s1. The quantitative estimate of drug-likeness (QED) is 0.173. The molecule has 6 rings (SSSR count). The Morgan fingerprint density at radius 2 is 1.60 bits per heavy atom. The topological polar surface area (TPSA) is 79.1 Å². The fourth-order valence-corrected chi connectivity index (χ4v) is 7.02. The van der Waals surface area contributed by atoms with E-state index >= 15 is 0 Å². The number of carbonyl (C=O) groups excluding carboxylic acids is 1. The minimum Gasteiger partial charge on any atom is -0.493 e. The van der Waals surface area contributed by atoms with Crippen molar-refractivity contribution in [2.75, 3.05) is 13.7 Å². The molecule has 5 aromatic rings. The summed E-state index contributed by atoms with van der Waals surface area (Å²) >= 11 is 1.28. The second-order valence-corrected chi connectivity index (χ2v) is 12.4. The van der Waals surface area contributed by atoms with Crippen molar-refractivity contribution < 1.29 is 19.0 Å². The molecule has 1 aliphatic rings. The number of fused-ring (bicyclic) bond motifs is 1. The molecule has 4 aromatic carbocycles. The van der Waals surface area contributed by atoms with Gasteiger partial charge in [0.15, 0.2) is 16.3 Å². The van der Waals surface area contributed by atoms with Crippen molar-refractivity contribution in [1.82, 2.24) is 4.57 Å². The number of aryl methyl sites for hydroxylation is 3. The first kappa shape index (κ1) is 31.8. The van der Waals surface area contributed by atoms with E-state index in [1.54, 1.807) is 18.6 Å². The number of hydrogen-bond acceptors (Lipinski definition) is 7. The van der Waals surface area contributed by atoms with Crippen molar-refractivity contribution in [3.63, 3.8) is 0 Å². The zero-order valence-electron chi connectivity index (χ0n) is 27.1. The van der Waals surface area contributed by atoms with Gasteiger partial charge in [0.2, 0.25) is 0 Å². The van der Waals surface area contributed by atoms with Gasteiger partial charge in [0, 0.05) is 5.56 Å². The summed E-state index contributed by atoms with van der Waals surface area (Å²) in [5, 5.41) is 0. The Labute approximate surface area is 277 Å². The molecule has 0 aliphatic carbocycles. The average molecular weight is 645 g/mol. The van der Waals surface area contributed by atoms with Gasteiger partial charge in [-0.05, 0) is 73.7 Å². The van der Waals surface area contributed by atoms with Gasteiger partial charge in [0.25, 0.3) is 5.56 Å². The van der Waals surface area contributed by atoms with Gasteiger partial charge >= 0.3 is 5.97 Å². The number of carbonyl (C=O) groups is 1. The molecule has 0 amide bonds. The van der Waals surface area contributed by atoms with Gasteiger partial charge in [-0.2, -0.15) is 0 Å². The lowest BCUT2D eigenvalue weighted by atomic mass is 9.93. The largest absolute Gasteiger partial charge is 0.493 e. The minimum atomic E-state index is -0.720. The SMILES string of the molecule is CCOC(=O)C1=C(c2ccccc2)N=c2s/c(=C\c3ccc(OCc4c(C)cc(C)cc4C)c(OC)c3)c(=O)n2[C@H]1c1ccccc1. The molecular weight excluding hydrogens is 609 g/mol. The molecule has 0 saturated heterocycles. The molecule has 0 spiro atoms. The smallest absolute Gasteiger partial charge is 0.338 e. The van der Waals surface area contributed by atoms with Gasteiger partial charge in [-0.3, -0.25) is 9.36 Å². The van der Waals surface area contributed by atoms with Crippen molar-refractivity contribution >= 4 is 29.1 Å². The number of esters is 1. The molecule has 0 fully saturated rings. The van der Waals surface area contributed by atoms with E-state index in [2.05, 4.69) is 32.9 Å². The van der Waals surface area contributed by atoms with Crippen molar-refractivity contribution in [3.8, 4) is 11.5 Å². The van der Waals surface area contributed by atoms with Crippen LogP contribution in [0.3, 0.4) is 0 Å². The van der Waals surface area contributed by atoms with Crippen molar-refractivity contribution in [2.24, 2.45) is 4.99 Å². The highest BCUT2D eigenvalue weighted by Gasteiger charge is 2.35. The monoisotopic (exact) mass is 644 g/mol. The highest BCUT2D eigenvalue weighted by atomic mass is 32.1. The second-order valence-electron chi connectivity index (χ2n) is 11.4. The van der Waals surface area contributed by atoms with E-state index in [1.807, 2.05) is 84.9 Å². The number of rotatable bonds is 9. The third-order valence-corrected chi connectivity index (χ3v) is 9.17. The molecule has 0 radical (unpaired) electrons. The van der Waals surface area contributed by atoms with Gasteiger partial charge in [-0.25, -0.2) is 9.79 Å². The van der Waals surface area contributed by atoms with Gasteiger partial charge in [-0.15, -0.1) is 0 Å². The molecule has 47 heavy (non-hydrogen) atoms. The summed E-state index contributed by atoms with van der Waals surface area (Å²) in [6, 6.07) is 28.3. The molecule has 2 heterocycles. The number of hydrogen-bond donors (Lipinski definition) is 0. The van der Waals surface area contributed by atoms with Crippen LogP contribution in [-0.4, -0.2) is 24.3 Å². The lowest BCUT2D eigenvalue weighted by molar-refractivity contribution is -0.138. The maximum absolute atomic E-state index is 14.2. The molecule has 1 aliphatic heterocycles. The van der Waals surface area contributed by atoms with Crippen molar-refractivity contribution in [3.05, 3.63) is 155 Å². The molecular formula is C39H36N2O5S. The summed E-state index contributed by atoms with van der Waals surface area (Å²) in [6.07, 6.45) is 1.82. The van der Waals surface area contributed by atoms with E-state index in [-0.39, 0.29) is 12.2 Å². The van der Waals surface area contributed by atoms with E-state index in [0.717, 1.165) is 22.3 Å². The first-order valence-electron chi connectivity index (χ1n) is 15.5. The Kier molecular flexibility index (Phi) is 9.22. The van der Waals surface area contributed by atoms with E-state index in [9.17, 15) is 9.59 Å². The molecule has 0 unspecified atom stereocenters. The lowest BCUT2D eigenvalue weighted by Gasteiger charge is -2.25. The van der Waals surface area contributed by atoms with Crippen LogP contribution in [0.25, 0.3) is 11.8 Å². The molecule has 0 bridgehead atoms. The first-order valence-corrected chi connectivity index (χ1v) is 16.3. The average Bonchev–Trinajstić information content (AvgIpc) is 3.38. The maximum Gasteiger partial charge on any atom is 0.338 e. The zero-order chi connectivity index (χ0) is 33.1. The Balaban J connectivity index is 1.44. The van der Waals surface area contributed by atoms with E-state index in [0.29, 0.717) is 38.7 Å². The molecule has 8 heteroatoms. The van der Waals surface area contributed by atoms with Crippen LogP contribution in [0.15, 0.2) is 106 Å². The summed E-state index contributed by atoms with van der Waals surface area (Å²) in [7, 11) is 1.60. The predicted octanol–water partition coefficient (Wildman–Crippen LogP) is 6.45. The van der Waals surface area contributed by atoms with E-state index in [1.165, 1.54) is 28.0 Å². The van der Waals surface area contributed by atoms with Crippen LogP contribution in [0.5, 0.6) is 11.5 Å². The third kappa shape index (κ3) is 6.42. The predicted molar refractivity (Wildman–Crippen MR) is 185 cm³/mol. The highest BCUT2D eigenvalue weighted by molar-refractivity contribution is 7.07. The Morgan fingerprint density at radius 1 is 0.915 bits per heavy atom. The summed E-state index contributed by atoms with van der Waals surface area (Å²) in [5.74, 6) is 0.669. The lowest BCUT2D eigenvalue weighted by Crippen LogP contribution is -2.39. The number of methoxy groups -OCH3 is 1. The summed E-state index contributed by atoms with van der Waals surface area (Å²) in [5.41, 5.74) is 7.63. The van der Waals surface area contributed by atoms with E-state index < -0.39 is 12.0 Å². The number of benzene rings is 4. The Bertz CT molecular complexity index is 2140. The molecule has 7 nitrogen and oxygen atoms in total. The van der Waals surface area contributed by atoms with Crippen molar-refractivity contribution in [2.45, 2.75) is 40.3 Å². The van der Waals surface area contributed by atoms with Crippen LogP contribution in [0.2, 0.25) is 0 Å². The minimum absolute atomic E-state index is 0.197. The Hall–Kier alpha value is -5.21. The molecule has 1 aromatic heterocycles. The van der Waals surface area contributed by atoms with Gasteiger partial charge in [-0.1, -0.05) is 95.8 Å². The van der Waals surface area contributed by atoms with Gasteiger partial charge in [0.1, 0.15) is 6.61 Å². The van der Waals surface area contributed by atoms with Crippen LogP contribution in [0, 0.1) is 20.8 Å². The molecule has 0 saturated carbocycles. The van der Waals surface area contributed by atoms with Crippen LogP contribution >= 0.6 is 11.3 Å².